The fourth-order valence-electron chi connectivity index (χ4n) is 0.704. The van der Waals surface area contributed by atoms with E-state index in [4.69, 9.17) is 5.73 Å². The summed E-state index contributed by atoms with van der Waals surface area (Å²) in [4.78, 5) is 3.77. The molecule has 66 valence electrons. The van der Waals surface area contributed by atoms with Gasteiger partial charge in [-0.1, -0.05) is 0 Å². The first-order chi connectivity index (χ1) is 5.72. The number of nitrogens with two attached hydrogens (primary N) is 1. The van der Waals surface area contributed by atoms with Crippen LogP contribution in [0.25, 0.3) is 0 Å². The van der Waals surface area contributed by atoms with Crippen molar-refractivity contribution in [3.05, 3.63) is 24.0 Å². The fraction of sp³-hybridized carbons (Fsp3) is 0.286. The molecule has 0 aromatic carbocycles. The second-order valence-electron chi connectivity index (χ2n) is 2.07. The Morgan fingerprint density at radius 2 is 2.25 bits per heavy atom. The summed E-state index contributed by atoms with van der Waals surface area (Å²) in [5.74, 6) is 0.0437. The van der Waals surface area contributed by atoms with Gasteiger partial charge in [-0.2, -0.15) is 8.78 Å². The summed E-state index contributed by atoms with van der Waals surface area (Å²) in [5, 5.41) is 0. The van der Waals surface area contributed by atoms with E-state index in [-0.39, 0.29) is 12.3 Å². The highest BCUT2D eigenvalue weighted by molar-refractivity contribution is 5.19. The molecule has 0 bridgehead atoms. The Morgan fingerprint density at radius 1 is 1.50 bits per heavy atom. The van der Waals surface area contributed by atoms with Crippen molar-refractivity contribution in [3.8, 4) is 5.75 Å². The van der Waals surface area contributed by atoms with E-state index in [0.29, 0.717) is 5.69 Å². The van der Waals surface area contributed by atoms with E-state index in [1.54, 1.807) is 0 Å². The standard InChI is InChI=1S/C7H8F2N2O/c8-7(9)12-6-2-1-5(3-10)11-4-6/h1-2,4,7H,3,10H2. The van der Waals surface area contributed by atoms with Crippen molar-refractivity contribution < 1.29 is 13.5 Å². The van der Waals surface area contributed by atoms with Crippen LogP contribution in [0, 0.1) is 0 Å². The quantitative estimate of drug-likeness (QED) is 0.747. The second-order valence-corrected chi connectivity index (χ2v) is 2.07. The first-order valence-corrected chi connectivity index (χ1v) is 3.32. The number of aromatic nitrogens is 1. The van der Waals surface area contributed by atoms with Gasteiger partial charge >= 0.3 is 6.61 Å². The minimum absolute atomic E-state index is 0.0437. The predicted octanol–water partition coefficient (Wildman–Crippen LogP) is 1.14. The zero-order chi connectivity index (χ0) is 8.97. The Labute approximate surface area is 68.2 Å². The van der Waals surface area contributed by atoms with Crippen molar-refractivity contribution in [1.29, 1.82) is 0 Å². The Bertz CT molecular complexity index is 238. The number of alkyl halides is 2. The van der Waals surface area contributed by atoms with Crippen molar-refractivity contribution in [2.75, 3.05) is 0 Å². The lowest BCUT2D eigenvalue weighted by molar-refractivity contribution is -0.0500. The molecule has 0 unspecified atom stereocenters. The van der Waals surface area contributed by atoms with E-state index in [2.05, 4.69) is 9.72 Å². The molecule has 0 radical (unpaired) electrons. The first kappa shape index (κ1) is 8.86. The smallest absolute Gasteiger partial charge is 0.387 e. The molecule has 0 aliphatic carbocycles. The lowest BCUT2D eigenvalue weighted by Gasteiger charge is -2.03. The summed E-state index contributed by atoms with van der Waals surface area (Å²) in [5.41, 5.74) is 5.89. The molecule has 1 aromatic heterocycles. The average Bonchev–Trinajstić information content (AvgIpc) is 2.05. The Kier molecular flexibility index (Phi) is 2.93. The van der Waals surface area contributed by atoms with Gasteiger partial charge in [0.1, 0.15) is 5.75 Å². The molecule has 1 heterocycles. The number of hydrogen-bond donors (Lipinski definition) is 1. The minimum atomic E-state index is -2.81. The number of rotatable bonds is 3. The molecule has 1 aromatic rings. The summed E-state index contributed by atoms with van der Waals surface area (Å²) in [7, 11) is 0. The summed E-state index contributed by atoms with van der Waals surface area (Å²) in [6, 6.07) is 2.94. The van der Waals surface area contributed by atoms with Crippen LogP contribution in [0.4, 0.5) is 8.78 Å². The number of hydrogen-bond acceptors (Lipinski definition) is 3. The highest BCUT2D eigenvalue weighted by Crippen LogP contribution is 2.11. The van der Waals surface area contributed by atoms with Gasteiger partial charge in [-0.05, 0) is 12.1 Å². The van der Waals surface area contributed by atoms with Gasteiger partial charge in [0.05, 0.1) is 11.9 Å². The summed E-state index contributed by atoms with van der Waals surface area (Å²) >= 11 is 0. The van der Waals surface area contributed by atoms with Crippen molar-refractivity contribution in [1.82, 2.24) is 4.98 Å². The Balaban J connectivity index is 2.65. The van der Waals surface area contributed by atoms with Crippen LogP contribution in [0.5, 0.6) is 5.75 Å². The van der Waals surface area contributed by atoms with Crippen molar-refractivity contribution >= 4 is 0 Å². The van der Waals surface area contributed by atoms with Gasteiger partial charge < -0.3 is 10.5 Å². The van der Waals surface area contributed by atoms with Crippen LogP contribution in [0.2, 0.25) is 0 Å². The van der Waals surface area contributed by atoms with E-state index >= 15 is 0 Å². The largest absolute Gasteiger partial charge is 0.433 e. The van der Waals surface area contributed by atoms with Crippen molar-refractivity contribution in [2.45, 2.75) is 13.2 Å². The summed E-state index contributed by atoms with van der Waals surface area (Å²) in [6.07, 6.45) is 1.22. The van der Waals surface area contributed by atoms with Crippen LogP contribution in [0.1, 0.15) is 5.69 Å². The number of pyridine rings is 1. The third-order valence-electron chi connectivity index (χ3n) is 1.23. The average molecular weight is 174 g/mol. The third-order valence-corrected chi connectivity index (χ3v) is 1.23. The molecule has 0 aliphatic heterocycles. The van der Waals surface area contributed by atoms with Gasteiger partial charge in [-0.25, -0.2) is 0 Å². The van der Waals surface area contributed by atoms with Crippen LogP contribution >= 0.6 is 0 Å². The lowest BCUT2D eigenvalue weighted by atomic mass is 10.3. The van der Waals surface area contributed by atoms with E-state index < -0.39 is 6.61 Å². The molecular formula is C7H8F2N2O. The molecule has 0 saturated heterocycles. The van der Waals surface area contributed by atoms with Crippen molar-refractivity contribution in [2.24, 2.45) is 5.73 Å². The van der Waals surface area contributed by atoms with Gasteiger partial charge in [0.15, 0.2) is 0 Å². The lowest BCUT2D eigenvalue weighted by Crippen LogP contribution is -2.03. The maximum atomic E-state index is 11.6. The first-order valence-electron chi connectivity index (χ1n) is 3.32. The molecule has 0 atom stereocenters. The topological polar surface area (TPSA) is 48.1 Å². The van der Waals surface area contributed by atoms with Gasteiger partial charge in [0.25, 0.3) is 0 Å². The van der Waals surface area contributed by atoms with E-state index in [1.807, 2.05) is 0 Å². The van der Waals surface area contributed by atoms with Crippen LogP contribution < -0.4 is 10.5 Å². The predicted molar refractivity (Wildman–Crippen MR) is 38.8 cm³/mol. The van der Waals surface area contributed by atoms with Crippen LogP contribution in [0.15, 0.2) is 18.3 Å². The second kappa shape index (κ2) is 3.96. The molecule has 3 nitrogen and oxygen atoms in total. The normalized spacial score (nSPS) is 10.3. The number of nitrogens with zero attached hydrogens (tertiary/aromatic N) is 1. The molecule has 1 rings (SSSR count). The number of halogens is 2. The Hall–Kier alpha value is -1.23. The molecule has 12 heavy (non-hydrogen) atoms. The summed E-state index contributed by atoms with van der Waals surface area (Å²) in [6.45, 7) is -2.52. The molecule has 0 spiro atoms. The molecule has 0 fully saturated rings. The zero-order valence-electron chi connectivity index (χ0n) is 6.21. The van der Waals surface area contributed by atoms with Crippen molar-refractivity contribution in [3.63, 3.8) is 0 Å². The fourth-order valence-corrected chi connectivity index (χ4v) is 0.704. The maximum absolute atomic E-state index is 11.6. The number of ether oxygens (including phenoxy) is 1. The van der Waals surface area contributed by atoms with Gasteiger partial charge in [-0.15, -0.1) is 0 Å². The molecule has 0 aliphatic rings. The van der Waals surface area contributed by atoms with Crippen LogP contribution in [-0.4, -0.2) is 11.6 Å². The summed E-state index contributed by atoms with van der Waals surface area (Å²) < 4.78 is 27.3. The highest BCUT2D eigenvalue weighted by Gasteiger charge is 2.03. The highest BCUT2D eigenvalue weighted by atomic mass is 19.3. The minimum Gasteiger partial charge on any atom is -0.433 e. The van der Waals surface area contributed by atoms with Gasteiger partial charge in [-0.3, -0.25) is 4.98 Å². The molecule has 0 amide bonds. The molecular weight excluding hydrogens is 166 g/mol. The SMILES string of the molecule is NCc1ccc(OC(F)F)cn1. The Morgan fingerprint density at radius 3 is 2.67 bits per heavy atom. The molecule has 2 N–H and O–H groups in total. The monoisotopic (exact) mass is 174 g/mol. The third kappa shape index (κ3) is 2.43. The zero-order valence-corrected chi connectivity index (χ0v) is 6.21. The van der Waals surface area contributed by atoms with Crippen LogP contribution in [-0.2, 0) is 6.54 Å². The van der Waals surface area contributed by atoms with E-state index in [1.165, 1.54) is 18.3 Å². The maximum Gasteiger partial charge on any atom is 0.387 e. The molecule has 5 heteroatoms. The van der Waals surface area contributed by atoms with E-state index in [0.717, 1.165) is 0 Å². The van der Waals surface area contributed by atoms with Gasteiger partial charge in [0, 0.05) is 6.54 Å². The molecule has 0 saturated carbocycles. The van der Waals surface area contributed by atoms with Crippen LogP contribution in [0.3, 0.4) is 0 Å². The van der Waals surface area contributed by atoms with E-state index in [9.17, 15) is 8.78 Å². The van der Waals surface area contributed by atoms with Gasteiger partial charge in [0.2, 0.25) is 0 Å².